The van der Waals surface area contributed by atoms with E-state index in [0.29, 0.717) is 19.0 Å². The molecule has 12 heavy (non-hydrogen) atoms. The van der Waals surface area contributed by atoms with E-state index in [4.69, 9.17) is 4.74 Å². The first-order chi connectivity index (χ1) is 5.70. The summed E-state index contributed by atoms with van der Waals surface area (Å²) in [6.07, 6.45) is 0.929. The Kier molecular flexibility index (Phi) is 6.76. The lowest BCUT2D eigenvalue weighted by Crippen LogP contribution is -2.20. The summed E-state index contributed by atoms with van der Waals surface area (Å²) in [7, 11) is 0. The van der Waals surface area contributed by atoms with Gasteiger partial charge in [0.1, 0.15) is 6.61 Å². The summed E-state index contributed by atoms with van der Waals surface area (Å²) in [5, 5.41) is 0. The second kappa shape index (κ2) is 7.10. The van der Waals surface area contributed by atoms with Gasteiger partial charge in [-0.25, -0.2) is 0 Å². The molecule has 0 spiro atoms. The first-order valence-corrected chi connectivity index (χ1v) is 4.37. The summed E-state index contributed by atoms with van der Waals surface area (Å²) >= 11 is 0. The van der Waals surface area contributed by atoms with Crippen molar-refractivity contribution in [3.63, 3.8) is 0 Å². The molecule has 0 saturated heterocycles. The number of carbonyl (C=O) groups is 1. The van der Waals surface area contributed by atoms with Crippen molar-refractivity contribution in [3.8, 4) is 0 Å². The van der Waals surface area contributed by atoms with Gasteiger partial charge in [-0.15, -0.1) is 0 Å². The van der Waals surface area contributed by atoms with Gasteiger partial charge >= 0.3 is 0 Å². The van der Waals surface area contributed by atoms with Gasteiger partial charge in [-0.05, 0) is 12.3 Å². The van der Waals surface area contributed by atoms with Crippen LogP contribution in [-0.2, 0) is 14.3 Å². The fourth-order valence-corrected chi connectivity index (χ4v) is 0.759. The molecule has 0 aromatic heterocycles. The van der Waals surface area contributed by atoms with Gasteiger partial charge in [-0.2, -0.15) is 0 Å². The van der Waals surface area contributed by atoms with Crippen molar-refractivity contribution in [3.05, 3.63) is 0 Å². The van der Waals surface area contributed by atoms with Crippen molar-refractivity contribution in [2.24, 2.45) is 5.92 Å². The maximum absolute atomic E-state index is 9.89. The average molecular weight is 174 g/mol. The first kappa shape index (κ1) is 11.4. The van der Waals surface area contributed by atoms with E-state index in [1.807, 2.05) is 6.92 Å². The second-order valence-electron chi connectivity index (χ2n) is 3.19. The van der Waals surface area contributed by atoms with Gasteiger partial charge in [-0.1, -0.05) is 20.8 Å². The third-order valence-corrected chi connectivity index (χ3v) is 1.47. The highest BCUT2D eigenvalue weighted by Gasteiger charge is 2.07. The van der Waals surface area contributed by atoms with E-state index in [1.165, 1.54) is 0 Å². The molecular weight excluding hydrogens is 156 g/mol. The zero-order valence-electron chi connectivity index (χ0n) is 8.08. The van der Waals surface area contributed by atoms with Crippen molar-refractivity contribution in [1.29, 1.82) is 0 Å². The lowest BCUT2D eigenvalue weighted by molar-refractivity contribution is -0.133. The van der Waals surface area contributed by atoms with Crippen LogP contribution >= 0.6 is 0 Å². The molecular formula is C9H18O3. The van der Waals surface area contributed by atoms with E-state index < -0.39 is 0 Å². The normalized spacial score (nSPS) is 13.0. The van der Waals surface area contributed by atoms with Crippen LogP contribution in [-0.4, -0.2) is 25.8 Å². The Labute approximate surface area is 74.0 Å². The molecule has 1 unspecified atom stereocenters. The predicted octanol–water partition coefficient (Wildman–Crippen LogP) is 1.61. The third kappa shape index (κ3) is 6.16. The molecule has 3 nitrogen and oxygen atoms in total. The molecule has 72 valence electrons. The summed E-state index contributed by atoms with van der Waals surface area (Å²) < 4.78 is 10.1. The quantitative estimate of drug-likeness (QED) is 0.550. The molecule has 0 aliphatic carbocycles. The fraction of sp³-hybridized carbons (Fsp3) is 0.889. The third-order valence-electron chi connectivity index (χ3n) is 1.47. The van der Waals surface area contributed by atoms with E-state index in [0.717, 1.165) is 13.0 Å². The van der Waals surface area contributed by atoms with Gasteiger partial charge in [0.25, 0.3) is 6.47 Å². The van der Waals surface area contributed by atoms with Crippen LogP contribution in [0.2, 0.25) is 0 Å². The van der Waals surface area contributed by atoms with Crippen molar-refractivity contribution in [2.75, 3.05) is 13.2 Å². The van der Waals surface area contributed by atoms with Crippen LogP contribution in [0.4, 0.5) is 0 Å². The molecule has 0 saturated carbocycles. The molecule has 0 rings (SSSR count). The van der Waals surface area contributed by atoms with Crippen LogP contribution in [0.25, 0.3) is 0 Å². The van der Waals surface area contributed by atoms with Gasteiger partial charge in [0.15, 0.2) is 0 Å². The molecule has 0 aliphatic heterocycles. The van der Waals surface area contributed by atoms with Crippen molar-refractivity contribution < 1.29 is 14.3 Å². The molecule has 0 radical (unpaired) electrons. The monoisotopic (exact) mass is 174 g/mol. The van der Waals surface area contributed by atoms with Crippen LogP contribution in [0.3, 0.4) is 0 Å². The second-order valence-corrected chi connectivity index (χ2v) is 3.19. The first-order valence-electron chi connectivity index (χ1n) is 4.37. The highest BCUT2D eigenvalue weighted by atomic mass is 16.6. The van der Waals surface area contributed by atoms with E-state index in [9.17, 15) is 4.79 Å². The molecule has 0 N–H and O–H groups in total. The van der Waals surface area contributed by atoms with E-state index in [1.54, 1.807) is 0 Å². The largest absolute Gasteiger partial charge is 0.465 e. The number of rotatable bonds is 7. The molecule has 0 bridgehead atoms. The SMILES string of the molecule is CCC(COC=O)OCC(C)C. The number of hydrogen-bond acceptors (Lipinski definition) is 3. The smallest absolute Gasteiger partial charge is 0.293 e. The maximum Gasteiger partial charge on any atom is 0.293 e. The molecule has 0 amide bonds. The van der Waals surface area contributed by atoms with Gasteiger partial charge < -0.3 is 9.47 Å². The Morgan fingerprint density at radius 3 is 2.42 bits per heavy atom. The summed E-state index contributed by atoms with van der Waals surface area (Å²) in [6, 6.07) is 0. The number of carbonyl (C=O) groups excluding carboxylic acids is 1. The molecule has 0 heterocycles. The Morgan fingerprint density at radius 2 is 2.00 bits per heavy atom. The summed E-state index contributed by atoms with van der Waals surface area (Å²) in [4.78, 5) is 9.89. The van der Waals surface area contributed by atoms with Crippen molar-refractivity contribution in [1.82, 2.24) is 0 Å². The minimum absolute atomic E-state index is 0.0533. The van der Waals surface area contributed by atoms with Crippen LogP contribution in [0.15, 0.2) is 0 Å². The number of hydrogen-bond donors (Lipinski definition) is 0. The minimum Gasteiger partial charge on any atom is -0.465 e. The lowest BCUT2D eigenvalue weighted by Gasteiger charge is -2.15. The van der Waals surface area contributed by atoms with E-state index in [-0.39, 0.29) is 6.10 Å². The standard InChI is InChI=1S/C9H18O3/c1-4-9(6-11-7-10)12-5-8(2)3/h7-9H,4-6H2,1-3H3. The fourth-order valence-electron chi connectivity index (χ4n) is 0.759. The highest BCUT2D eigenvalue weighted by Crippen LogP contribution is 2.02. The Hall–Kier alpha value is -0.570. The molecule has 0 aliphatic rings. The van der Waals surface area contributed by atoms with Crippen LogP contribution in [0.5, 0.6) is 0 Å². The predicted molar refractivity (Wildman–Crippen MR) is 46.9 cm³/mol. The van der Waals surface area contributed by atoms with Gasteiger partial charge in [0, 0.05) is 6.61 Å². The summed E-state index contributed by atoms with van der Waals surface area (Å²) in [5.41, 5.74) is 0. The minimum atomic E-state index is 0.0533. The zero-order chi connectivity index (χ0) is 9.40. The van der Waals surface area contributed by atoms with Gasteiger partial charge in [-0.3, -0.25) is 4.79 Å². The topological polar surface area (TPSA) is 35.5 Å². The maximum atomic E-state index is 9.89. The van der Waals surface area contributed by atoms with E-state index in [2.05, 4.69) is 18.6 Å². The van der Waals surface area contributed by atoms with E-state index >= 15 is 0 Å². The van der Waals surface area contributed by atoms with Crippen LogP contribution < -0.4 is 0 Å². The van der Waals surface area contributed by atoms with Gasteiger partial charge in [0.2, 0.25) is 0 Å². The summed E-state index contributed by atoms with van der Waals surface area (Å²) in [6.45, 7) is 7.74. The Morgan fingerprint density at radius 1 is 1.33 bits per heavy atom. The van der Waals surface area contributed by atoms with Gasteiger partial charge in [0.05, 0.1) is 6.10 Å². The lowest BCUT2D eigenvalue weighted by atomic mass is 10.2. The van der Waals surface area contributed by atoms with Crippen LogP contribution in [0.1, 0.15) is 27.2 Å². The van der Waals surface area contributed by atoms with Crippen LogP contribution in [0, 0.1) is 5.92 Å². The average Bonchev–Trinajstić information content (AvgIpc) is 2.05. The zero-order valence-corrected chi connectivity index (χ0v) is 8.08. The molecule has 0 fully saturated rings. The Balaban J connectivity index is 3.45. The molecule has 0 aromatic carbocycles. The highest BCUT2D eigenvalue weighted by molar-refractivity contribution is 5.36. The summed E-state index contributed by atoms with van der Waals surface area (Å²) in [5.74, 6) is 0.523. The number of ether oxygens (including phenoxy) is 2. The van der Waals surface area contributed by atoms with Crippen molar-refractivity contribution >= 4 is 6.47 Å². The Bertz CT molecular complexity index is 112. The molecule has 1 atom stereocenters. The molecule has 0 aromatic rings. The molecule has 3 heteroatoms. The van der Waals surface area contributed by atoms with Crippen molar-refractivity contribution in [2.45, 2.75) is 33.3 Å².